The summed E-state index contributed by atoms with van der Waals surface area (Å²) in [6.45, 7) is 4.63. The van der Waals surface area contributed by atoms with E-state index in [1.807, 2.05) is 12.3 Å². The number of amides is 1. The van der Waals surface area contributed by atoms with Gasteiger partial charge in [-0.1, -0.05) is 6.92 Å². The maximum atomic E-state index is 11.5. The highest BCUT2D eigenvalue weighted by molar-refractivity contribution is 7.09. The maximum Gasteiger partial charge on any atom is 0.226 e. The van der Waals surface area contributed by atoms with Crippen molar-refractivity contribution in [2.24, 2.45) is 5.73 Å². The van der Waals surface area contributed by atoms with Gasteiger partial charge in [0.25, 0.3) is 0 Å². The monoisotopic (exact) mass is 241 g/mol. The number of nitrogens with zero attached hydrogens (tertiary/aromatic N) is 1. The molecule has 0 aliphatic heterocycles. The molecule has 3 N–H and O–H groups in total. The Balaban J connectivity index is 2.28. The van der Waals surface area contributed by atoms with Crippen molar-refractivity contribution < 1.29 is 4.79 Å². The van der Waals surface area contributed by atoms with E-state index < -0.39 is 0 Å². The van der Waals surface area contributed by atoms with Crippen molar-refractivity contribution in [3.8, 4) is 0 Å². The van der Waals surface area contributed by atoms with Crippen LogP contribution in [0.1, 0.15) is 31.0 Å². The second kappa shape index (κ2) is 6.60. The van der Waals surface area contributed by atoms with Crippen molar-refractivity contribution in [2.45, 2.75) is 39.2 Å². The lowest BCUT2D eigenvalue weighted by Crippen LogP contribution is -2.30. The zero-order valence-electron chi connectivity index (χ0n) is 9.82. The van der Waals surface area contributed by atoms with Gasteiger partial charge in [0.1, 0.15) is 0 Å². The highest BCUT2D eigenvalue weighted by Gasteiger charge is 2.06. The van der Waals surface area contributed by atoms with E-state index in [-0.39, 0.29) is 11.9 Å². The fourth-order valence-corrected chi connectivity index (χ4v) is 2.00. The molecule has 0 saturated heterocycles. The quantitative estimate of drug-likeness (QED) is 0.783. The number of aryl methyl sites for hydroxylation is 1. The zero-order valence-corrected chi connectivity index (χ0v) is 10.6. The molecule has 90 valence electrons. The van der Waals surface area contributed by atoms with E-state index in [0.717, 1.165) is 23.5 Å². The SMILES string of the molecule is CCc1nc(CC(=O)NCCC(C)N)cs1. The van der Waals surface area contributed by atoms with E-state index in [9.17, 15) is 4.79 Å². The van der Waals surface area contributed by atoms with Gasteiger partial charge in [-0.25, -0.2) is 4.98 Å². The summed E-state index contributed by atoms with van der Waals surface area (Å²) in [7, 11) is 0. The summed E-state index contributed by atoms with van der Waals surface area (Å²) in [5.41, 5.74) is 6.45. The number of carbonyl (C=O) groups is 1. The van der Waals surface area contributed by atoms with Crippen LogP contribution in [0.3, 0.4) is 0 Å². The molecule has 0 fully saturated rings. The van der Waals surface area contributed by atoms with E-state index in [1.54, 1.807) is 11.3 Å². The molecule has 1 atom stereocenters. The molecule has 1 rings (SSSR count). The zero-order chi connectivity index (χ0) is 12.0. The molecular weight excluding hydrogens is 222 g/mol. The Morgan fingerprint density at radius 1 is 1.69 bits per heavy atom. The minimum atomic E-state index is 0.0219. The van der Waals surface area contributed by atoms with Gasteiger partial charge in [-0.15, -0.1) is 11.3 Å². The molecule has 0 aliphatic rings. The molecule has 1 amide bonds. The number of hydrogen-bond donors (Lipinski definition) is 2. The molecule has 16 heavy (non-hydrogen) atoms. The molecule has 1 heterocycles. The van der Waals surface area contributed by atoms with Gasteiger partial charge in [-0.2, -0.15) is 0 Å². The third-order valence-corrected chi connectivity index (χ3v) is 3.21. The molecule has 0 spiro atoms. The first-order valence-electron chi connectivity index (χ1n) is 5.57. The van der Waals surface area contributed by atoms with Gasteiger partial charge in [0.05, 0.1) is 17.1 Å². The number of rotatable bonds is 6. The summed E-state index contributed by atoms with van der Waals surface area (Å²) in [5.74, 6) is 0.0219. The van der Waals surface area contributed by atoms with Crippen molar-refractivity contribution in [3.63, 3.8) is 0 Å². The predicted molar refractivity (Wildman–Crippen MR) is 66.5 cm³/mol. The van der Waals surface area contributed by atoms with Crippen LogP contribution >= 0.6 is 11.3 Å². The first-order chi connectivity index (χ1) is 7.61. The predicted octanol–water partition coefficient (Wildman–Crippen LogP) is 1.10. The first-order valence-corrected chi connectivity index (χ1v) is 6.45. The topological polar surface area (TPSA) is 68.0 Å². The third kappa shape index (κ3) is 4.72. The fraction of sp³-hybridized carbons (Fsp3) is 0.636. The molecule has 1 unspecified atom stereocenters. The fourth-order valence-electron chi connectivity index (χ4n) is 1.26. The van der Waals surface area contributed by atoms with Crippen LogP contribution in [0.2, 0.25) is 0 Å². The van der Waals surface area contributed by atoms with E-state index >= 15 is 0 Å². The van der Waals surface area contributed by atoms with Gasteiger partial charge in [-0.3, -0.25) is 4.79 Å². The molecule has 4 nitrogen and oxygen atoms in total. The molecule has 1 aromatic heterocycles. The molecule has 0 aromatic carbocycles. The Morgan fingerprint density at radius 3 is 3.00 bits per heavy atom. The van der Waals surface area contributed by atoms with Gasteiger partial charge < -0.3 is 11.1 Å². The van der Waals surface area contributed by atoms with Crippen LogP contribution in [0.25, 0.3) is 0 Å². The molecular formula is C11H19N3OS. The highest BCUT2D eigenvalue weighted by atomic mass is 32.1. The van der Waals surface area contributed by atoms with Crippen molar-refractivity contribution in [1.29, 1.82) is 0 Å². The molecule has 0 saturated carbocycles. The standard InChI is InChI=1S/C11H19N3OS/c1-3-11-14-9(7-16-11)6-10(15)13-5-4-8(2)12/h7-8H,3-6,12H2,1-2H3,(H,13,15). The van der Waals surface area contributed by atoms with Crippen LogP contribution in [-0.2, 0) is 17.6 Å². The Kier molecular flexibility index (Phi) is 5.42. The minimum absolute atomic E-state index is 0.0219. The van der Waals surface area contributed by atoms with Crippen LogP contribution < -0.4 is 11.1 Å². The molecule has 1 aromatic rings. The lowest BCUT2D eigenvalue weighted by atomic mass is 10.2. The lowest BCUT2D eigenvalue weighted by molar-refractivity contribution is -0.120. The van der Waals surface area contributed by atoms with Crippen molar-refractivity contribution in [1.82, 2.24) is 10.3 Å². The van der Waals surface area contributed by atoms with Gasteiger partial charge in [0, 0.05) is 18.0 Å². The molecule has 0 bridgehead atoms. The van der Waals surface area contributed by atoms with E-state index in [1.165, 1.54) is 0 Å². The molecule has 0 aliphatic carbocycles. The summed E-state index contributed by atoms with van der Waals surface area (Å²) in [6.07, 6.45) is 2.11. The van der Waals surface area contributed by atoms with Crippen LogP contribution in [0.5, 0.6) is 0 Å². The lowest BCUT2D eigenvalue weighted by Gasteiger charge is -2.06. The van der Waals surface area contributed by atoms with Crippen molar-refractivity contribution in [3.05, 3.63) is 16.1 Å². The second-order valence-corrected chi connectivity index (χ2v) is 4.82. The van der Waals surface area contributed by atoms with Gasteiger partial charge in [-0.05, 0) is 19.8 Å². The Morgan fingerprint density at radius 2 is 2.44 bits per heavy atom. The summed E-state index contributed by atoms with van der Waals surface area (Å²) >= 11 is 1.61. The Bertz CT molecular complexity index is 336. The Labute approximate surface area is 100 Å². The molecule has 5 heteroatoms. The number of hydrogen-bond acceptors (Lipinski definition) is 4. The van der Waals surface area contributed by atoms with E-state index in [2.05, 4.69) is 17.2 Å². The minimum Gasteiger partial charge on any atom is -0.356 e. The van der Waals surface area contributed by atoms with E-state index in [0.29, 0.717) is 13.0 Å². The highest BCUT2D eigenvalue weighted by Crippen LogP contribution is 2.10. The number of thiazole rings is 1. The summed E-state index contributed by atoms with van der Waals surface area (Å²) < 4.78 is 0. The molecule has 0 radical (unpaired) electrons. The average molecular weight is 241 g/mol. The second-order valence-electron chi connectivity index (χ2n) is 3.88. The van der Waals surface area contributed by atoms with Gasteiger partial charge >= 0.3 is 0 Å². The largest absolute Gasteiger partial charge is 0.356 e. The first kappa shape index (κ1) is 13.1. The normalized spacial score (nSPS) is 12.4. The van der Waals surface area contributed by atoms with Crippen LogP contribution in [0, 0.1) is 0 Å². The third-order valence-electron chi connectivity index (χ3n) is 2.17. The van der Waals surface area contributed by atoms with Crippen LogP contribution in [-0.4, -0.2) is 23.5 Å². The van der Waals surface area contributed by atoms with Crippen molar-refractivity contribution >= 4 is 17.2 Å². The summed E-state index contributed by atoms with van der Waals surface area (Å²) in [5, 5.41) is 5.87. The maximum absolute atomic E-state index is 11.5. The van der Waals surface area contributed by atoms with Gasteiger partial charge in [0.15, 0.2) is 0 Å². The number of nitrogens with one attached hydrogen (secondary N) is 1. The van der Waals surface area contributed by atoms with Crippen molar-refractivity contribution in [2.75, 3.05) is 6.54 Å². The Hall–Kier alpha value is -0.940. The summed E-state index contributed by atoms with van der Waals surface area (Å²) in [6, 6.07) is 0.131. The van der Waals surface area contributed by atoms with Gasteiger partial charge in [0.2, 0.25) is 5.91 Å². The smallest absolute Gasteiger partial charge is 0.226 e. The number of nitrogens with two attached hydrogens (primary N) is 1. The number of aromatic nitrogens is 1. The van der Waals surface area contributed by atoms with E-state index in [4.69, 9.17) is 5.73 Å². The van der Waals surface area contributed by atoms with Crippen LogP contribution in [0.4, 0.5) is 0 Å². The summed E-state index contributed by atoms with van der Waals surface area (Å²) in [4.78, 5) is 15.8. The number of carbonyl (C=O) groups excluding carboxylic acids is 1. The van der Waals surface area contributed by atoms with Crippen LogP contribution in [0.15, 0.2) is 5.38 Å². The average Bonchev–Trinajstić information content (AvgIpc) is 2.65.